The third-order valence-corrected chi connectivity index (χ3v) is 3.60. The molecule has 0 atom stereocenters. The summed E-state index contributed by atoms with van der Waals surface area (Å²) in [6.07, 6.45) is 1.48. The van der Waals surface area contributed by atoms with Crippen molar-refractivity contribution in [3.05, 3.63) is 77.9 Å². The van der Waals surface area contributed by atoms with E-state index in [1.807, 2.05) is 24.3 Å². The summed E-state index contributed by atoms with van der Waals surface area (Å²) in [5.74, 6) is 0.186. The molecule has 0 unspecified atom stereocenters. The van der Waals surface area contributed by atoms with Crippen molar-refractivity contribution >= 4 is 17.5 Å². The number of rotatable bonds is 6. The molecule has 0 saturated heterocycles. The molecule has 26 heavy (non-hydrogen) atoms. The van der Waals surface area contributed by atoms with Crippen LogP contribution >= 0.6 is 0 Å². The van der Waals surface area contributed by atoms with Crippen LogP contribution in [0.4, 0.5) is 16.0 Å². The molecule has 0 aliphatic carbocycles. The molecule has 6 nitrogen and oxygen atoms in total. The Morgan fingerprint density at radius 3 is 2.81 bits per heavy atom. The van der Waals surface area contributed by atoms with Crippen LogP contribution in [0.25, 0.3) is 0 Å². The SMILES string of the molecule is COc1ccccc1CNc1nccc(C(=O)Nc2cccc(F)c2)n1. The number of benzene rings is 2. The van der Waals surface area contributed by atoms with Crippen LogP contribution in [0.1, 0.15) is 16.1 Å². The minimum atomic E-state index is -0.446. The summed E-state index contributed by atoms with van der Waals surface area (Å²) in [4.78, 5) is 20.6. The average molecular weight is 352 g/mol. The number of para-hydroxylation sites is 1. The molecule has 2 aromatic carbocycles. The van der Waals surface area contributed by atoms with Crippen LogP contribution in [0.3, 0.4) is 0 Å². The number of aromatic nitrogens is 2. The summed E-state index contributed by atoms with van der Waals surface area (Å²) in [6.45, 7) is 0.443. The fourth-order valence-corrected chi connectivity index (χ4v) is 2.35. The van der Waals surface area contributed by atoms with Gasteiger partial charge >= 0.3 is 0 Å². The molecule has 0 spiro atoms. The topological polar surface area (TPSA) is 76.1 Å². The first-order valence-electron chi connectivity index (χ1n) is 7.91. The van der Waals surface area contributed by atoms with Crippen molar-refractivity contribution in [1.29, 1.82) is 0 Å². The number of nitrogens with zero attached hydrogens (tertiary/aromatic N) is 2. The van der Waals surface area contributed by atoms with E-state index < -0.39 is 11.7 Å². The number of carbonyl (C=O) groups is 1. The molecule has 0 fully saturated rings. The van der Waals surface area contributed by atoms with E-state index in [1.54, 1.807) is 13.2 Å². The zero-order valence-electron chi connectivity index (χ0n) is 14.1. The van der Waals surface area contributed by atoms with Crippen molar-refractivity contribution in [2.45, 2.75) is 6.54 Å². The monoisotopic (exact) mass is 352 g/mol. The van der Waals surface area contributed by atoms with E-state index >= 15 is 0 Å². The Bertz CT molecular complexity index is 917. The highest BCUT2D eigenvalue weighted by Gasteiger charge is 2.10. The number of ether oxygens (including phenoxy) is 1. The van der Waals surface area contributed by atoms with Crippen molar-refractivity contribution in [3.63, 3.8) is 0 Å². The first-order chi connectivity index (χ1) is 12.7. The zero-order chi connectivity index (χ0) is 18.4. The average Bonchev–Trinajstić information content (AvgIpc) is 2.67. The molecule has 0 aliphatic heterocycles. The largest absolute Gasteiger partial charge is 0.496 e. The van der Waals surface area contributed by atoms with Gasteiger partial charge in [0, 0.05) is 24.0 Å². The molecule has 0 bridgehead atoms. The van der Waals surface area contributed by atoms with Gasteiger partial charge in [0.25, 0.3) is 5.91 Å². The molecule has 3 rings (SSSR count). The first kappa shape index (κ1) is 17.3. The van der Waals surface area contributed by atoms with Gasteiger partial charge in [-0.05, 0) is 30.3 Å². The van der Waals surface area contributed by atoms with E-state index in [4.69, 9.17) is 4.74 Å². The Hall–Kier alpha value is -3.48. The quantitative estimate of drug-likeness (QED) is 0.710. The predicted octanol–water partition coefficient (Wildman–Crippen LogP) is 3.49. The summed E-state index contributed by atoms with van der Waals surface area (Å²) >= 11 is 0. The second kappa shape index (κ2) is 8.06. The number of amides is 1. The van der Waals surface area contributed by atoms with E-state index in [0.29, 0.717) is 18.2 Å². The van der Waals surface area contributed by atoms with Gasteiger partial charge in [0.15, 0.2) is 0 Å². The second-order valence-electron chi connectivity index (χ2n) is 5.40. The van der Waals surface area contributed by atoms with Gasteiger partial charge in [-0.1, -0.05) is 24.3 Å². The van der Waals surface area contributed by atoms with Crippen LogP contribution in [0.15, 0.2) is 60.8 Å². The minimum absolute atomic E-state index is 0.173. The van der Waals surface area contributed by atoms with Gasteiger partial charge in [-0.2, -0.15) is 0 Å². The number of carbonyl (C=O) groups excluding carboxylic acids is 1. The maximum Gasteiger partial charge on any atom is 0.274 e. The molecule has 2 N–H and O–H groups in total. The van der Waals surface area contributed by atoms with Gasteiger partial charge in [-0.25, -0.2) is 14.4 Å². The number of nitrogens with one attached hydrogen (secondary N) is 2. The van der Waals surface area contributed by atoms with E-state index in [0.717, 1.165) is 11.3 Å². The summed E-state index contributed by atoms with van der Waals surface area (Å²) in [7, 11) is 1.60. The molecular weight excluding hydrogens is 335 g/mol. The van der Waals surface area contributed by atoms with E-state index in [2.05, 4.69) is 20.6 Å². The molecule has 1 heterocycles. The third kappa shape index (κ3) is 4.32. The standard InChI is InChI=1S/C19H17FN4O2/c1-26-17-8-3-2-5-13(17)12-22-19-21-10-9-16(24-19)18(25)23-15-7-4-6-14(20)11-15/h2-11H,12H2,1H3,(H,23,25)(H,21,22,24). The molecule has 1 aromatic heterocycles. The molecule has 0 radical (unpaired) electrons. The first-order valence-corrected chi connectivity index (χ1v) is 7.91. The lowest BCUT2D eigenvalue weighted by Crippen LogP contribution is -2.15. The number of halogens is 1. The Morgan fingerprint density at radius 1 is 1.15 bits per heavy atom. The molecule has 1 amide bonds. The zero-order valence-corrected chi connectivity index (χ0v) is 14.1. The minimum Gasteiger partial charge on any atom is -0.496 e. The van der Waals surface area contributed by atoms with Gasteiger partial charge < -0.3 is 15.4 Å². The number of methoxy groups -OCH3 is 1. The fourth-order valence-electron chi connectivity index (χ4n) is 2.35. The van der Waals surface area contributed by atoms with E-state index in [9.17, 15) is 9.18 Å². The molecule has 132 valence electrons. The molecule has 3 aromatic rings. The lowest BCUT2D eigenvalue weighted by molar-refractivity contribution is 0.102. The van der Waals surface area contributed by atoms with Crippen molar-refractivity contribution in [2.75, 3.05) is 17.7 Å². The van der Waals surface area contributed by atoms with Crippen LogP contribution in [-0.4, -0.2) is 23.0 Å². The van der Waals surface area contributed by atoms with E-state index in [1.165, 1.54) is 30.5 Å². The maximum absolute atomic E-state index is 13.2. The summed E-state index contributed by atoms with van der Waals surface area (Å²) < 4.78 is 18.5. The van der Waals surface area contributed by atoms with Crippen LogP contribution in [0, 0.1) is 5.82 Å². The van der Waals surface area contributed by atoms with Crippen LogP contribution < -0.4 is 15.4 Å². The molecule has 0 aliphatic rings. The Kier molecular flexibility index (Phi) is 5.38. The Labute approximate surface area is 150 Å². The van der Waals surface area contributed by atoms with Gasteiger partial charge in [-0.3, -0.25) is 4.79 Å². The van der Waals surface area contributed by atoms with Gasteiger partial charge in [0.1, 0.15) is 17.3 Å². The molecular formula is C19H17FN4O2. The van der Waals surface area contributed by atoms with Crippen LogP contribution in [0.5, 0.6) is 5.75 Å². The lowest BCUT2D eigenvalue weighted by Gasteiger charge is -2.10. The van der Waals surface area contributed by atoms with Crippen LogP contribution in [0.2, 0.25) is 0 Å². The number of hydrogen-bond donors (Lipinski definition) is 2. The highest BCUT2D eigenvalue weighted by molar-refractivity contribution is 6.02. The Morgan fingerprint density at radius 2 is 2.00 bits per heavy atom. The van der Waals surface area contributed by atoms with Crippen molar-refractivity contribution in [2.24, 2.45) is 0 Å². The summed E-state index contributed by atoms with van der Waals surface area (Å²) in [5.41, 5.74) is 1.47. The van der Waals surface area contributed by atoms with Crippen molar-refractivity contribution in [3.8, 4) is 5.75 Å². The third-order valence-electron chi connectivity index (χ3n) is 3.60. The lowest BCUT2D eigenvalue weighted by atomic mass is 10.2. The maximum atomic E-state index is 13.2. The highest BCUT2D eigenvalue weighted by atomic mass is 19.1. The predicted molar refractivity (Wildman–Crippen MR) is 96.7 cm³/mol. The number of anilines is 2. The normalized spacial score (nSPS) is 10.2. The van der Waals surface area contributed by atoms with E-state index in [-0.39, 0.29) is 5.69 Å². The highest BCUT2D eigenvalue weighted by Crippen LogP contribution is 2.18. The van der Waals surface area contributed by atoms with Gasteiger partial charge in [0.05, 0.1) is 7.11 Å². The van der Waals surface area contributed by atoms with Crippen molar-refractivity contribution in [1.82, 2.24) is 9.97 Å². The second-order valence-corrected chi connectivity index (χ2v) is 5.40. The number of hydrogen-bond acceptors (Lipinski definition) is 5. The van der Waals surface area contributed by atoms with Crippen molar-refractivity contribution < 1.29 is 13.9 Å². The summed E-state index contributed by atoms with van der Waals surface area (Å²) in [5, 5.41) is 5.66. The smallest absolute Gasteiger partial charge is 0.274 e. The summed E-state index contributed by atoms with van der Waals surface area (Å²) in [6, 6.07) is 14.7. The molecule has 0 saturated carbocycles. The Balaban J connectivity index is 1.68. The van der Waals surface area contributed by atoms with Crippen LogP contribution in [-0.2, 0) is 6.54 Å². The van der Waals surface area contributed by atoms with Gasteiger partial charge in [0.2, 0.25) is 5.95 Å². The fraction of sp³-hybridized carbons (Fsp3) is 0.105. The molecule has 7 heteroatoms. The van der Waals surface area contributed by atoms with Gasteiger partial charge in [-0.15, -0.1) is 0 Å².